The van der Waals surface area contributed by atoms with Gasteiger partial charge in [-0.15, -0.1) is 0 Å². The minimum Gasteiger partial charge on any atom is -0.325 e. The summed E-state index contributed by atoms with van der Waals surface area (Å²) in [4.78, 5) is 0. The van der Waals surface area contributed by atoms with Crippen LogP contribution in [0.4, 0.5) is 4.39 Å². The van der Waals surface area contributed by atoms with E-state index in [1.165, 1.54) is 12.5 Å². The van der Waals surface area contributed by atoms with E-state index in [0.717, 1.165) is 5.56 Å². The van der Waals surface area contributed by atoms with Gasteiger partial charge < -0.3 is 5.73 Å². The molecule has 13 heavy (non-hydrogen) atoms. The molecule has 2 atom stereocenters. The van der Waals surface area contributed by atoms with Gasteiger partial charge in [-0.3, -0.25) is 0 Å². The predicted molar refractivity (Wildman–Crippen MR) is 53.4 cm³/mol. The SMILES string of the molecule is Cc1ccc(CC(N)C(C)F)cc1. The summed E-state index contributed by atoms with van der Waals surface area (Å²) in [6, 6.07) is 7.65. The smallest absolute Gasteiger partial charge is 0.113 e. The third-order valence-corrected chi connectivity index (χ3v) is 2.18. The van der Waals surface area contributed by atoms with Gasteiger partial charge in [0.15, 0.2) is 0 Å². The Bertz CT molecular complexity index is 253. The Kier molecular flexibility index (Phi) is 3.43. The van der Waals surface area contributed by atoms with E-state index < -0.39 is 6.17 Å². The number of alkyl halides is 1. The van der Waals surface area contributed by atoms with Crippen molar-refractivity contribution in [2.45, 2.75) is 32.5 Å². The average Bonchev–Trinajstić information content (AvgIpc) is 2.08. The van der Waals surface area contributed by atoms with Crippen LogP contribution >= 0.6 is 0 Å². The molecule has 1 aromatic carbocycles. The van der Waals surface area contributed by atoms with Gasteiger partial charge in [-0.1, -0.05) is 29.8 Å². The Labute approximate surface area is 78.8 Å². The van der Waals surface area contributed by atoms with Crippen LogP contribution in [0.25, 0.3) is 0 Å². The molecule has 0 bridgehead atoms. The molecule has 1 aromatic rings. The first kappa shape index (κ1) is 10.2. The maximum absolute atomic E-state index is 12.7. The van der Waals surface area contributed by atoms with Crippen LogP contribution in [0.3, 0.4) is 0 Å². The van der Waals surface area contributed by atoms with E-state index in [0.29, 0.717) is 6.42 Å². The molecule has 72 valence electrons. The second kappa shape index (κ2) is 4.38. The highest BCUT2D eigenvalue weighted by atomic mass is 19.1. The summed E-state index contributed by atoms with van der Waals surface area (Å²) in [6.45, 7) is 3.53. The quantitative estimate of drug-likeness (QED) is 0.760. The van der Waals surface area contributed by atoms with Gasteiger partial charge in [0.2, 0.25) is 0 Å². The molecule has 1 nitrogen and oxygen atoms in total. The fourth-order valence-electron chi connectivity index (χ4n) is 1.16. The topological polar surface area (TPSA) is 26.0 Å². The van der Waals surface area contributed by atoms with Crippen molar-refractivity contribution >= 4 is 0 Å². The van der Waals surface area contributed by atoms with E-state index in [2.05, 4.69) is 0 Å². The van der Waals surface area contributed by atoms with Crippen LogP contribution in [0.5, 0.6) is 0 Å². The number of rotatable bonds is 3. The molecule has 0 fully saturated rings. The molecule has 2 N–H and O–H groups in total. The van der Waals surface area contributed by atoms with Crippen molar-refractivity contribution in [3.8, 4) is 0 Å². The fourth-order valence-corrected chi connectivity index (χ4v) is 1.16. The van der Waals surface area contributed by atoms with Crippen LogP contribution < -0.4 is 5.73 Å². The number of benzene rings is 1. The molecule has 0 aliphatic heterocycles. The summed E-state index contributed by atoms with van der Waals surface area (Å²) in [5.41, 5.74) is 7.92. The summed E-state index contributed by atoms with van der Waals surface area (Å²) in [6.07, 6.45) is -0.334. The first-order valence-electron chi connectivity index (χ1n) is 4.55. The maximum atomic E-state index is 12.7. The highest BCUT2D eigenvalue weighted by Gasteiger charge is 2.11. The lowest BCUT2D eigenvalue weighted by Crippen LogP contribution is -2.31. The minimum absolute atomic E-state index is 0.386. The molecule has 0 aromatic heterocycles. The fraction of sp³-hybridized carbons (Fsp3) is 0.455. The Morgan fingerprint density at radius 2 is 1.85 bits per heavy atom. The van der Waals surface area contributed by atoms with Crippen LogP contribution in [0.2, 0.25) is 0 Å². The molecule has 2 heteroatoms. The lowest BCUT2D eigenvalue weighted by Gasteiger charge is -2.12. The van der Waals surface area contributed by atoms with E-state index in [9.17, 15) is 4.39 Å². The first-order chi connectivity index (χ1) is 6.09. The summed E-state index contributed by atoms with van der Waals surface area (Å²) >= 11 is 0. The summed E-state index contributed by atoms with van der Waals surface area (Å²) < 4.78 is 12.7. The van der Waals surface area contributed by atoms with Crippen molar-refractivity contribution in [1.82, 2.24) is 0 Å². The third-order valence-electron chi connectivity index (χ3n) is 2.18. The summed E-state index contributed by atoms with van der Waals surface area (Å²) in [7, 11) is 0. The van der Waals surface area contributed by atoms with Gasteiger partial charge in [0.1, 0.15) is 6.17 Å². The minimum atomic E-state index is -0.943. The maximum Gasteiger partial charge on any atom is 0.113 e. The lowest BCUT2D eigenvalue weighted by atomic mass is 10.0. The van der Waals surface area contributed by atoms with Gasteiger partial charge in [0.05, 0.1) is 0 Å². The molecule has 0 aliphatic carbocycles. The molecule has 0 aliphatic rings. The van der Waals surface area contributed by atoms with Gasteiger partial charge in [0.25, 0.3) is 0 Å². The molecule has 0 saturated carbocycles. The van der Waals surface area contributed by atoms with E-state index in [1.807, 2.05) is 31.2 Å². The molecule has 0 saturated heterocycles. The van der Waals surface area contributed by atoms with E-state index in [-0.39, 0.29) is 6.04 Å². The van der Waals surface area contributed by atoms with Crippen molar-refractivity contribution in [2.24, 2.45) is 5.73 Å². The lowest BCUT2D eigenvalue weighted by molar-refractivity contribution is 0.304. The molecular weight excluding hydrogens is 165 g/mol. The molecule has 0 heterocycles. The van der Waals surface area contributed by atoms with Crippen molar-refractivity contribution < 1.29 is 4.39 Å². The van der Waals surface area contributed by atoms with Crippen LogP contribution in [0, 0.1) is 6.92 Å². The Hall–Kier alpha value is -0.890. The van der Waals surface area contributed by atoms with E-state index >= 15 is 0 Å². The standard InChI is InChI=1S/C11H16FN/c1-8-3-5-10(6-4-8)7-11(13)9(2)12/h3-6,9,11H,7,13H2,1-2H3. The second-order valence-electron chi connectivity index (χ2n) is 3.53. The van der Waals surface area contributed by atoms with Gasteiger partial charge in [-0.25, -0.2) is 4.39 Å². The highest BCUT2D eigenvalue weighted by molar-refractivity contribution is 5.22. The molecule has 2 unspecified atom stereocenters. The first-order valence-corrected chi connectivity index (χ1v) is 4.55. The van der Waals surface area contributed by atoms with Gasteiger partial charge >= 0.3 is 0 Å². The third kappa shape index (κ3) is 3.15. The van der Waals surface area contributed by atoms with Gasteiger partial charge in [-0.2, -0.15) is 0 Å². The van der Waals surface area contributed by atoms with Crippen molar-refractivity contribution in [3.63, 3.8) is 0 Å². The number of aryl methyl sites for hydroxylation is 1. The van der Waals surface area contributed by atoms with Crippen molar-refractivity contribution in [3.05, 3.63) is 35.4 Å². The Morgan fingerprint density at radius 1 is 1.31 bits per heavy atom. The summed E-state index contributed by atoms with van der Waals surface area (Å²) in [5, 5.41) is 0. The number of hydrogen-bond donors (Lipinski definition) is 1. The number of halogens is 1. The molecule has 0 spiro atoms. The van der Waals surface area contributed by atoms with Gasteiger partial charge in [0, 0.05) is 6.04 Å². The van der Waals surface area contributed by atoms with Crippen LogP contribution in [-0.4, -0.2) is 12.2 Å². The van der Waals surface area contributed by atoms with Crippen LogP contribution in [-0.2, 0) is 6.42 Å². The van der Waals surface area contributed by atoms with E-state index in [4.69, 9.17) is 5.73 Å². The molecule has 0 amide bonds. The second-order valence-corrected chi connectivity index (χ2v) is 3.53. The summed E-state index contributed by atoms with van der Waals surface area (Å²) in [5.74, 6) is 0. The monoisotopic (exact) mass is 181 g/mol. The zero-order valence-corrected chi connectivity index (χ0v) is 8.13. The van der Waals surface area contributed by atoms with E-state index in [1.54, 1.807) is 0 Å². The normalized spacial score (nSPS) is 15.4. The average molecular weight is 181 g/mol. The molecule has 0 radical (unpaired) electrons. The predicted octanol–water partition coefficient (Wildman–Crippen LogP) is 2.22. The zero-order valence-electron chi connectivity index (χ0n) is 8.13. The molecular formula is C11H16FN. The zero-order chi connectivity index (χ0) is 9.84. The Morgan fingerprint density at radius 3 is 2.31 bits per heavy atom. The van der Waals surface area contributed by atoms with Gasteiger partial charge in [-0.05, 0) is 25.8 Å². The Balaban J connectivity index is 2.59. The van der Waals surface area contributed by atoms with Crippen molar-refractivity contribution in [2.75, 3.05) is 0 Å². The van der Waals surface area contributed by atoms with Crippen molar-refractivity contribution in [1.29, 1.82) is 0 Å². The molecule has 1 rings (SSSR count). The highest BCUT2D eigenvalue weighted by Crippen LogP contribution is 2.08. The van der Waals surface area contributed by atoms with Crippen LogP contribution in [0.15, 0.2) is 24.3 Å². The number of nitrogens with two attached hydrogens (primary N) is 1. The van der Waals surface area contributed by atoms with Crippen LogP contribution in [0.1, 0.15) is 18.1 Å². The number of hydrogen-bond acceptors (Lipinski definition) is 1. The largest absolute Gasteiger partial charge is 0.325 e.